The second-order valence-corrected chi connectivity index (χ2v) is 2.48. The first kappa shape index (κ1) is 10.7. The van der Waals surface area contributed by atoms with Crippen molar-refractivity contribution in [2.24, 2.45) is 0 Å². The second kappa shape index (κ2) is 6.39. The fraction of sp³-hybridized carbons (Fsp3) is 0.833. The van der Waals surface area contributed by atoms with Crippen LogP contribution in [0.3, 0.4) is 0 Å². The molecule has 0 spiro atoms. The van der Waals surface area contributed by atoms with Crippen LogP contribution in [-0.4, -0.2) is 41.4 Å². The highest BCUT2D eigenvalue weighted by Crippen LogP contribution is 1.96. The van der Waals surface area contributed by atoms with E-state index in [-0.39, 0.29) is 13.2 Å². The Morgan fingerprint density at radius 2 is 2.27 bits per heavy atom. The third-order valence-corrected chi connectivity index (χ3v) is 1.29. The lowest BCUT2D eigenvalue weighted by atomic mass is 10.4. The summed E-state index contributed by atoms with van der Waals surface area (Å²) in [6, 6.07) is 0. The molecule has 0 amide bonds. The maximum absolute atomic E-state index is 10.1. The molecule has 0 radical (unpaired) electrons. The van der Waals surface area contributed by atoms with Gasteiger partial charge in [0.25, 0.3) is 0 Å². The van der Waals surface area contributed by atoms with Gasteiger partial charge < -0.3 is 14.9 Å². The van der Waals surface area contributed by atoms with E-state index in [4.69, 9.17) is 26.6 Å². The minimum atomic E-state index is -1.09. The minimum Gasteiger partial charge on any atom is -0.480 e. The van der Waals surface area contributed by atoms with Crippen LogP contribution in [-0.2, 0) is 9.53 Å². The second-order valence-electron chi connectivity index (χ2n) is 1.96. The highest BCUT2D eigenvalue weighted by Gasteiger charge is 2.12. The predicted molar refractivity (Wildman–Crippen MR) is 39.8 cm³/mol. The number of hydrogen-bond donors (Lipinski definition) is 2. The van der Waals surface area contributed by atoms with E-state index in [0.29, 0.717) is 13.0 Å². The van der Waals surface area contributed by atoms with Gasteiger partial charge in [-0.2, -0.15) is 0 Å². The van der Waals surface area contributed by atoms with Crippen molar-refractivity contribution in [2.75, 3.05) is 19.8 Å². The third kappa shape index (κ3) is 6.09. The number of aliphatic carboxylic acids is 1. The SMILES string of the molecule is O=C(O)C(Cl)COCCCO. The average molecular weight is 183 g/mol. The van der Waals surface area contributed by atoms with E-state index in [1.807, 2.05) is 0 Å². The lowest BCUT2D eigenvalue weighted by Gasteiger charge is -2.04. The Kier molecular flexibility index (Phi) is 6.21. The molecule has 0 aromatic carbocycles. The largest absolute Gasteiger partial charge is 0.480 e. The molecule has 0 aliphatic rings. The number of carboxylic acid groups (broad SMARTS) is 1. The average Bonchev–Trinajstić information content (AvgIpc) is 1.97. The summed E-state index contributed by atoms with van der Waals surface area (Å²) in [6.07, 6.45) is 0.503. The first-order chi connectivity index (χ1) is 5.18. The van der Waals surface area contributed by atoms with Crippen molar-refractivity contribution in [3.63, 3.8) is 0 Å². The van der Waals surface area contributed by atoms with Gasteiger partial charge in [0.2, 0.25) is 0 Å². The van der Waals surface area contributed by atoms with Gasteiger partial charge >= 0.3 is 5.97 Å². The molecule has 0 saturated heterocycles. The Labute approximate surface area is 69.7 Å². The number of aliphatic hydroxyl groups is 1. The predicted octanol–water partition coefficient (Wildman–Crippen LogP) is 0.0774. The number of alkyl halides is 1. The number of ether oxygens (including phenoxy) is 1. The molecular formula is C6H11ClO4. The topological polar surface area (TPSA) is 66.8 Å². The van der Waals surface area contributed by atoms with Crippen LogP contribution in [0.25, 0.3) is 0 Å². The van der Waals surface area contributed by atoms with E-state index >= 15 is 0 Å². The molecule has 0 heterocycles. The Morgan fingerprint density at radius 3 is 2.73 bits per heavy atom. The van der Waals surface area contributed by atoms with Crippen molar-refractivity contribution in [1.29, 1.82) is 0 Å². The summed E-state index contributed by atoms with van der Waals surface area (Å²) in [6.45, 7) is 0.365. The number of aliphatic hydroxyl groups excluding tert-OH is 1. The molecule has 2 N–H and O–H groups in total. The summed E-state index contributed by atoms with van der Waals surface area (Å²) >= 11 is 5.31. The van der Waals surface area contributed by atoms with Crippen LogP contribution in [0.1, 0.15) is 6.42 Å². The molecule has 0 aliphatic heterocycles. The van der Waals surface area contributed by atoms with E-state index in [1.165, 1.54) is 0 Å². The molecule has 0 rings (SSSR count). The number of rotatable bonds is 6. The van der Waals surface area contributed by atoms with E-state index in [2.05, 4.69) is 0 Å². The van der Waals surface area contributed by atoms with E-state index in [0.717, 1.165) is 0 Å². The van der Waals surface area contributed by atoms with E-state index in [9.17, 15) is 4.79 Å². The van der Waals surface area contributed by atoms with Crippen molar-refractivity contribution >= 4 is 17.6 Å². The van der Waals surface area contributed by atoms with Gasteiger partial charge in [0, 0.05) is 13.2 Å². The molecule has 5 heteroatoms. The minimum absolute atomic E-state index is 0.0170. The first-order valence-corrected chi connectivity index (χ1v) is 3.67. The van der Waals surface area contributed by atoms with Crippen LogP contribution >= 0.6 is 11.6 Å². The van der Waals surface area contributed by atoms with Crippen LogP contribution < -0.4 is 0 Å². The summed E-state index contributed by atoms with van der Waals surface area (Å²) < 4.78 is 4.82. The fourth-order valence-corrected chi connectivity index (χ4v) is 0.514. The van der Waals surface area contributed by atoms with Crippen molar-refractivity contribution in [2.45, 2.75) is 11.8 Å². The highest BCUT2D eigenvalue weighted by atomic mass is 35.5. The standard InChI is InChI=1S/C6H11ClO4/c7-5(6(9)10)4-11-3-1-2-8/h5,8H,1-4H2,(H,9,10). The Morgan fingerprint density at radius 1 is 1.64 bits per heavy atom. The highest BCUT2D eigenvalue weighted by molar-refractivity contribution is 6.29. The molecule has 4 nitrogen and oxygen atoms in total. The van der Waals surface area contributed by atoms with Crippen LogP contribution in [0.15, 0.2) is 0 Å². The van der Waals surface area contributed by atoms with Gasteiger partial charge in [-0.1, -0.05) is 0 Å². The maximum atomic E-state index is 10.1. The maximum Gasteiger partial charge on any atom is 0.324 e. The van der Waals surface area contributed by atoms with Gasteiger partial charge in [0.15, 0.2) is 5.38 Å². The zero-order chi connectivity index (χ0) is 8.69. The number of carbonyl (C=O) groups is 1. The molecular weight excluding hydrogens is 172 g/mol. The molecule has 1 atom stereocenters. The quantitative estimate of drug-likeness (QED) is 0.451. The Hall–Kier alpha value is -0.320. The Balaban J connectivity index is 3.17. The monoisotopic (exact) mass is 182 g/mol. The number of hydrogen-bond acceptors (Lipinski definition) is 3. The van der Waals surface area contributed by atoms with Crippen LogP contribution in [0.2, 0.25) is 0 Å². The molecule has 0 aromatic rings. The number of halogens is 1. The van der Waals surface area contributed by atoms with Gasteiger partial charge in [-0.05, 0) is 6.42 Å². The Bertz CT molecular complexity index is 117. The summed E-state index contributed by atoms with van der Waals surface area (Å²) in [5.41, 5.74) is 0. The van der Waals surface area contributed by atoms with Crippen LogP contribution in [0, 0.1) is 0 Å². The van der Waals surface area contributed by atoms with Crippen molar-refractivity contribution in [3.05, 3.63) is 0 Å². The molecule has 1 unspecified atom stereocenters. The molecule has 0 saturated carbocycles. The van der Waals surface area contributed by atoms with Gasteiger partial charge in [-0.25, -0.2) is 0 Å². The summed E-state index contributed by atoms with van der Waals surface area (Å²) in [5, 5.41) is 15.6. The van der Waals surface area contributed by atoms with Gasteiger partial charge in [0.1, 0.15) is 0 Å². The van der Waals surface area contributed by atoms with Gasteiger partial charge in [-0.15, -0.1) is 11.6 Å². The summed E-state index contributed by atoms with van der Waals surface area (Å²) in [7, 11) is 0. The zero-order valence-electron chi connectivity index (χ0n) is 5.99. The van der Waals surface area contributed by atoms with Crippen LogP contribution in [0.4, 0.5) is 0 Å². The van der Waals surface area contributed by atoms with Gasteiger partial charge in [0.05, 0.1) is 6.61 Å². The lowest BCUT2D eigenvalue weighted by molar-refractivity contribution is -0.137. The zero-order valence-corrected chi connectivity index (χ0v) is 6.75. The molecule has 0 bridgehead atoms. The normalized spacial score (nSPS) is 12.9. The summed E-state index contributed by atoms with van der Waals surface area (Å²) in [4.78, 5) is 10.1. The fourth-order valence-electron chi connectivity index (χ4n) is 0.425. The van der Waals surface area contributed by atoms with E-state index < -0.39 is 11.3 Å². The smallest absolute Gasteiger partial charge is 0.324 e. The molecule has 0 aromatic heterocycles. The first-order valence-electron chi connectivity index (χ1n) is 3.24. The van der Waals surface area contributed by atoms with Crippen molar-refractivity contribution < 1.29 is 19.7 Å². The van der Waals surface area contributed by atoms with Crippen LogP contribution in [0.5, 0.6) is 0 Å². The van der Waals surface area contributed by atoms with E-state index in [1.54, 1.807) is 0 Å². The molecule has 11 heavy (non-hydrogen) atoms. The van der Waals surface area contributed by atoms with Crippen molar-refractivity contribution in [1.82, 2.24) is 0 Å². The molecule has 0 fully saturated rings. The lowest BCUT2D eigenvalue weighted by Crippen LogP contribution is -2.20. The molecule has 0 aliphatic carbocycles. The summed E-state index contributed by atoms with van der Waals surface area (Å²) in [5.74, 6) is -1.09. The van der Waals surface area contributed by atoms with Gasteiger partial charge in [-0.3, -0.25) is 4.79 Å². The third-order valence-electron chi connectivity index (χ3n) is 0.979. The number of carboxylic acids is 1. The van der Waals surface area contributed by atoms with Crippen molar-refractivity contribution in [3.8, 4) is 0 Å². The molecule has 66 valence electrons.